The first-order chi connectivity index (χ1) is 11.0. The van der Waals surface area contributed by atoms with Gasteiger partial charge in [0.25, 0.3) is 0 Å². The molecule has 4 nitrogen and oxygen atoms in total. The lowest BCUT2D eigenvalue weighted by molar-refractivity contribution is 0.467. The van der Waals surface area contributed by atoms with Crippen molar-refractivity contribution in [2.45, 2.75) is 20.4 Å². The van der Waals surface area contributed by atoms with E-state index in [0.717, 1.165) is 22.3 Å². The third-order valence-corrected chi connectivity index (χ3v) is 3.88. The summed E-state index contributed by atoms with van der Waals surface area (Å²) in [5, 5.41) is 19.5. The Morgan fingerprint density at radius 2 is 1.83 bits per heavy atom. The maximum absolute atomic E-state index is 9.79. The van der Waals surface area contributed by atoms with Crippen LogP contribution in [0.4, 0.5) is 0 Å². The van der Waals surface area contributed by atoms with Gasteiger partial charge in [0.15, 0.2) is 5.11 Å². The molecular weight excluding hydrogens is 306 g/mol. The monoisotopic (exact) mass is 327 g/mol. The van der Waals surface area contributed by atoms with Gasteiger partial charge in [0.2, 0.25) is 0 Å². The summed E-state index contributed by atoms with van der Waals surface area (Å²) in [4.78, 5) is 0. The van der Waals surface area contributed by atoms with Crippen molar-refractivity contribution in [3.8, 4) is 5.75 Å². The quantitative estimate of drug-likeness (QED) is 0.514. The van der Waals surface area contributed by atoms with Crippen molar-refractivity contribution in [3.05, 3.63) is 64.7 Å². The highest BCUT2D eigenvalue weighted by molar-refractivity contribution is 7.80. The number of benzene rings is 2. The van der Waals surface area contributed by atoms with E-state index in [-0.39, 0.29) is 0 Å². The van der Waals surface area contributed by atoms with E-state index in [1.807, 2.05) is 56.3 Å². The van der Waals surface area contributed by atoms with Gasteiger partial charge in [0.05, 0.1) is 6.21 Å². The summed E-state index contributed by atoms with van der Waals surface area (Å²) in [5.41, 5.74) is 3.75. The molecule has 2 rings (SSSR count). The number of aryl methyl sites for hydroxylation is 2. The lowest BCUT2D eigenvalue weighted by atomic mass is 10.1. The van der Waals surface area contributed by atoms with E-state index in [1.54, 1.807) is 18.3 Å². The molecule has 0 saturated heterocycles. The van der Waals surface area contributed by atoms with E-state index in [9.17, 15) is 5.11 Å². The number of hydrogen-bond acceptors (Lipinski definition) is 3. The van der Waals surface area contributed by atoms with Gasteiger partial charge in [-0.3, -0.25) is 0 Å². The third-order valence-electron chi connectivity index (χ3n) is 3.47. The number of phenolic OH excluding ortho intramolecular Hbond substituents is 1. The number of nitrogens with zero attached hydrogens (tertiary/aromatic N) is 2. The summed E-state index contributed by atoms with van der Waals surface area (Å²) in [7, 11) is 1.80. The Morgan fingerprint density at radius 1 is 1.22 bits per heavy atom. The highest BCUT2D eigenvalue weighted by Gasteiger charge is 2.04. The summed E-state index contributed by atoms with van der Waals surface area (Å²) in [6, 6.07) is 13.8. The zero-order chi connectivity index (χ0) is 16.8. The molecule has 0 bridgehead atoms. The van der Waals surface area contributed by atoms with Crippen LogP contribution in [0, 0.1) is 13.8 Å². The molecule has 120 valence electrons. The van der Waals surface area contributed by atoms with Gasteiger partial charge >= 0.3 is 0 Å². The molecule has 0 saturated carbocycles. The Morgan fingerprint density at radius 3 is 2.43 bits per heavy atom. The van der Waals surface area contributed by atoms with Crippen molar-refractivity contribution in [1.29, 1.82) is 0 Å². The van der Waals surface area contributed by atoms with Crippen molar-refractivity contribution in [2.75, 3.05) is 7.05 Å². The van der Waals surface area contributed by atoms with E-state index < -0.39 is 0 Å². The summed E-state index contributed by atoms with van der Waals surface area (Å²) >= 11 is 5.32. The summed E-state index contributed by atoms with van der Waals surface area (Å²) in [5.74, 6) is 0.329. The standard InChI is InChI=1S/C18H21N3OS/c1-13-9-16(10-14(2)17(13)22)12-20-21(3)18(23)19-11-15-7-5-4-6-8-15/h4-10,12,22H,11H2,1-3H3,(H,19,23)/b20-12+. The molecule has 0 amide bonds. The minimum atomic E-state index is 0.329. The summed E-state index contributed by atoms with van der Waals surface area (Å²) < 4.78 is 0. The molecular formula is C18H21N3OS. The number of thiocarbonyl (C=S) groups is 1. The number of aromatic hydroxyl groups is 1. The number of nitrogens with one attached hydrogen (secondary N) is 1. The van der Waals surface area contributed by atoms with Gasteiger partial charge in [0, 0.05) is 13.6 Å². The molecule has 0 atom stereocenters. The molecule has 0 unspecified atom stereocenters. The van der Waals surface area contributed by atoms with Crippen LogP contribution in [-0.2, 0) is 6.54 Å². The smallest absolute Gasteiger partial charge is 0.189 e. The van der Waals surface area contributed by atoms with Gasteiger partial charge < -0.3 is 10.4 Å². The van der Waals surface area contributed by atoms with Gasteiger partial charge in [0.1, 0.15) is 5.75 Å². The van der Waals surface area contributed by atoms with Gasteiger partial charge in [-0.1, -0.05) is 30.3 Å². The molecule has 2 N–H and O–H groups in total. The molecule has 0 heterocycles. The SMILES string of the molecule is Cc1cc(/C=N/N(C)C(=S)NCc2ccccc2)cc(C)c1O. The highest BCUT2D eigenvalue weighted by Crippen LogP contribution is 2.22. The molecule has 2 aromatic carbocycles. The molecule has 0 spiro atoms. The van der Waals surface area contributed by atoms with Gasteiger partial charge in [-0.15, -0.1) is 0 Å². The summed E-state index contributed by atoms with van der Waals surface area (Å²) in [6.45, 7) is 4.40. The fourth-order valence-corrected chi connectivity index (χ4v) is 2.28. The zero-order valence-corrected chi connectivity index (χ0v) is 14.4. The van der Waals surface area contributed by atoms with Crippen molar-refractivity contribution in [3.63, 3.8) is 0 Å². The van der Waals surface area contributed by atoms with E-state index in [4.69, 9.17) is 12.2 Å². The third kappa shape index (κ3) is 4.79. The van der Waals surface area contributed by atoms with Crippen LogP contribution < -0.4 is 5.32 Å². The topological polar surface area (TPSA) is 47.9 Å². The Labute approximate surface area is 142 Å². The Balaban J connectivity index is 1.95. The van der Waals surface area contributed by atoms with Crippen molar-refractivity contribution >= 4 is 23.5 Å². The van der Waals surface area contributed by atoms with E-state index >= 15 is 0 Å². The maximum Gasteiger partial charge on any atom is 0.189 e. The van der Waals surface area contributed by atoms with Crippen LogP contribution in [0.5, 0.6) is 5.75 Å². The van der Waals surface area contributed by atoms with Crippen LogP contribution in [0.25, 0.3) is 0 Å². The first-order valence-electron chi connectivity index (χ1n) is 7.37. The van der Waals surface area contributed by atoms with Crippen LogP contribution in [0.3, 0.4) is 0 Å². The van der Waals surface area contributed by atoms with Crippen LogP contribution >= 0.6 is 12.2 Å². The lowest BCUT2D eigenvalue weighted by Crippen LogP contribution is -2.33. The second-order valence-corrected chi connectivity index (χ2v) is 5.80. The van der Waals surface area contributed by atoms with Crippen molar-refractivity contribution < 1.29 is 5.11 Å². The van der Waals surface area contributed by atoms with Gasteiger partial charge in [-0.25, -0.2) is 5.01 Å². The molecule has 0 aliphatic rings. The number of phenols is 1. The van der Waals surface area contributed by atoms with Gasteiger partial charge in [-0.05, 0) is 60.5 Å². The van der Waals surface area contributed by atoms with E-state index in [2.05, 4.69) is 10.4 Å². The molecule has 23 heavy (non-hydrogen) atoms. The number of hydrogen-bond donors (Lipinski definition) is 2. The molecule has 5 heteroatoms. The number of hydrazone groups is 1. The largest absolute Gasteiger partial charge is 0.507 e. The van der Waals surface area contributed by atoms with Crippen molar-refractivity contribution in [2.24, 2.45) is 5.10 Å². The van der Waals surface area contributed by atoms with Gasteiger partial charge in [-0.2, -0.15) is 5.10 Å². The highest BCUT2D eigenvalue weighted by atomic mass is 32.1. The predicted octanol–water partition coefficient (Wildman–Crippen LogP) is 3.35. The molecule has 0 aliphatic heterocycles. The first kappa shape index (κ1) is 17.0. The molecule has 0 aromatic heterocycles. The molecule has 0 aliphatic carbocycles. The second kappa shape index (κ2) is 7.74. The van der Waals surface area contributed by atoms with Crippen LogP contribution in [0.2, 0.25) is 0 Å². The first-order valence-corrected chi connectivity index (χ1v) is 7.78. The van der Waals surface area contributed by atoms with Crippen LogP contribution in [0.1, 0.15) is 22.3 Å². The average Bonchev–Trinajstić information content (AvgIpc) is 2.56. The van der Waals surface area contributed by atoms with Crippen molar-refractivity contribution in [1.82, 2.24) is 10.3 Å². The Kier molecular flexibility index (Phi) is 5.71. The molecule has 2 aromatic rings. The Hall–Kier alpha value is -2.40. The fourth-order valence-electron chi connectivity index (χ4n) is 2.16. The van der Waals surface area contributed by atoms with Crippen LogP contribution in [-0.4, -0.2) is 28.5 Å². The summed E-state index contributed by atoms with van der Waals surface area (Å²) in [6.07, 6.45) is 1.73. The van der Waals surface area contributed by atoms with Crippen LogP contribution in [0.15, 0.2) is 47.6 Å². The minimum absolute atomic E-state index is 0.329. The molecule has 0 radical (unpaired) electrons. The molecule has 0 fully saturated rings. The predicted molar refractivity (Wildman–Crippen MR) is 98.8 cm³/mol. The fraction of sp³-hybridized carbons (Fsp3) is 0.222. The van der Waals surface area contributed by atoms with E-state index in [0.29, 0.717) is 17.4 Å². The minimum Gasteiger partial charge on any atom is -0.507 e. The zero-order valence-electron chi connectivity index (χ0n) is 13.6. The van der Waals surface area contributed by atoms with E-state index in [1.165, 1.54) is 0 Å². The maximum atomic E-state index is 9.79. The number of rotatable bonds is 4. The normalized spacial score (nSPS) is 10.7. The lowest BCUT2D eigenvalue weighted by Gasteiger charge is -2.15. The second-order valence-electron chi connectivity index (χ2n) is 5.42. The Bertz CT molecular complexity index is 690. The average molecular weight is 327 g/mol.